The first kappa shape index (κ1) is 14.0. The maximum absolute atomic E-state index is 11.5. The third-order valence-electron chi connectivity index (χ3n) is 2.36. The molecule has 1 aromatic carbocycles. The summed E-state index contributed by atoms with van der Waals surface area (Å²) in [6.45, 7) is 3.38. The van der Waals surface area contributed by atoms with Gasteiger partial charge in [0.1, 0.15) is 0 Å². The van der Waals surface area contributed by atoms with Gasteiger partial charge in [-0.15, -0.1) is 0 Å². The highest BCUT2D eigenvalue weighted by atomic mass is 16.2. The van der Waals surface area contributed by atoms with E-state index in [4.69, 9.17) is 5.73 Å². The molecule has 1 aromatic rings. The van der Waals surface area contributed by atoms with E-state index in [2.05, 4.69) is 16.2 Å². The summed E-state index contributed by atoms with van der Waals surface area (Å²) < 4.78 is 0. The highest BCUT2D eigenvalue weighted by molar-refractivity contribution is 5.84. The monoisotopic (exact) mass is 250 g/mol. The van der Waals surface area contributed by atoms with Gasteiger partial charge >= 0.3 is 6.03 Å². The molecule has 0 saturated heterocycles. The van der Waals surface area contributed by atoms with Gasteiger partial charge in [-0.2, -0.15) is 0 Å². The zero-order chi connectivity index (χ0) is 13.5. The fourth-order valence-corrected chi connectivity index (χ4v) is 1.29. The average Bonchev–Trinajstić information content (AvgIpc) is 2.36. The van der Waals surface area contributed by atoms with E-state index in [0.29, 0.717) is 0 Å². The van der Waals surface area contributed by atoms with Gasteiger partial charge < -0.3 is 11.1 Å². The topological polar surface area (TPSA) is 96.2 Å². The Labute approximate surface area is 106 Å². The quantitative estimate of drug-likeness (QED) is 0.585. The van der Waals surface area contributed by atoms with Crippen molar-refractivity contribution in [1.82, 2.24) is 16.2 Å². The van der Waals surface area contributed by atoms with Crippen LogP contribution in [0.3, 0.4) is 0 Å². The van der Waals surface area contributed by atoms with Crippen LogP contribution in [0.4, 0.5) is 4.79 Å². The lowest BCUT2D eigenvalue weighted by Crippen LogP contribution is -2.51. The van der Waals surface area contributed by atoms with E-state index in [9.17, 15) is 9.59 Å². The van der Waals surface area contributed by atoms with Crippen LogP contribution in [0.15, 0.2) is 30.3 Å². The van der Waals surface area contributed by atoms with Gasteiger partial charge in [0, 0.05) is 0 Å². The third kappa shape index (κ3) is 4.42. The van der Waals surface area contributed by atoms with Gasteiger partial charge in [-0.3, -0.25) is 10.2 Å². The second-order valence-electron chi connectivity index (χ2n) is 4.01. The van der Waals surface area contributed by atoms with Crippen LogP contribution in [-0.2, 0) is 4.79 Å². The predicted octanol–water partition coefficient (Wildman–Crippen LogP) is 0.425. The molecule has 0 bridgehead atoms. The highest BCUT2D eigenvalue weighted by Crippen LogP contribution is 2.10. The average molecular weight is 250 g/mol. The second-order valence-corrected chi connectivity index (χ2v) is 4.01. The fraction of sp³-hybridized carbons (Fsp3) is 0.333. The lowest BCUT2D eigenvalue weighted by Gasteiger charge is -2.15. The number of hydrogen-bond acceptors (Lipinski definition) is 3. The van der Waals surface area contributed by atoms with Gasteiger partial charge in [-0.1, -0.05) is 30.3 Å². The van der Waals surface area contributed by atoms with Crippen LogP contribution in [0.5, 0.6) is 0 Å². The minimum absolute atomic E-state index is 0.154. The molecular formula is C12H18N4O2. The van der Waals surface area contributed by atoms with Crippen molar-refractivity contribution in [3.63, 3.8) is 0 Å². The van der Waals surface area contributed by atoms with E-state index < -0.39 is 18.0 Å². The minimum atomic E-state index is -0.670. The summed E-state index contributed by atoms with van der Waals surface area (Å²) in [6.07, 6.45) is 0. The molecular weight excluding hydrogens is 232 g/mol. The van der Waals surface area contributed by atoms with Crippen molar-refractivity contribution in [3.05, 3.63) is 35.9 Å². The van der Waals surface area contributed by atoms with E-state index in [1.165, 1.54) is 6.92 Å². The fourth-order valence-electron chi connectivity index (χ4n) is 1.29. The van der Waals surface area contributed by atoms with Gasteiger partial charge in [-0.05, 0) is 19.4 Å². The van der Waals surface area contributed by atoms with Crippen molar-refractivity contribution in [2.75, 3.05) is 0 Å². The standard InChI is InChI=1S/C12H18N4O2/c1-8(13)11(17)15-16-12(18)14-9(2)10-6-4-3-5-7-10/h3-9H,13H2,1-2H3,(H,15,17)(H2,14,16,18). The predicted molar refractivity (Wildman–Crippen MR) is 68.3 cm³/mol. The van der Waals surface area contributed by atoms with Crippen molar-refractivity contribution in [1.29, 1.82) is 0 Å². The van der Waals surface area contributed by atoms with Crippen LogP contribution in [0.25, 0.3) is 0 Å². The molecule has 0 heterocycles. The Bertz CT molecular complexity index is 406. The molecule has 0 aromatic heterocycles. The molecule has 0 spiro atoms. The maximum atomic E-state index is 11.5. The number of nitrogens with one attached hydrogen (secondary N) is 3. The molecule has 0 fully saturated rings. The van der Waals surface area contributed by atoms with Crippen molar-refractivity contribution < 1.29 is 9.59 Å². The van der Waals surface area contributed by atoms with Crippen LogP contribution < -0.4 is 21.9 Å². The van der Waals surface area contributed by atoms with Crippen molar-refractivity contribution in [3.8, 4) is 0 Å². The Morgan fingerprint density at radius 2 is 1.72 bits per heavy atom. The number of hydrazine groups is 1. The van der Waals surface area contributed by atoms with Gasteiger partial charge in [-0.25, -0.2) is 10.2 Å². The first-order valence-corrected chi connectivity index (χ1v) is 5.67. The molecule has 6 nitrogen and oxygen atoms in total. The summed E-state index contributed by atoms with van der Waals surface area (Å²) in [4.78, 5) is 22.6. The summed E-state index contributed by atoms with van der Waals surface area (Å²) in [5.41, 5.74) is 10.8. The van der Waals surface area contributed by atoms with Crippen molar-refractivity contribution in [2.24, 2.45) is 5.73 Å². The molecule has 98 valence electrons. The number of urea groups is 1. The maximum Gasteiger partial charge on any atom is 0.333 e. The van der Waals surface area contributed by atoms with E-state index in [-0.39, 0.29) is 6.04 Å². The van der Waals surface area contributed by atoms with E-state index in [0.717, 1.165) is 5.56 Å². The second kappa shape index (κ2) is 6.61. The number of carbonyl (C=O) groups excluding carboxylic acids is 2. The highest BCUT2D eigenvalue weighted by Gasteiger charge is 2.11. The zero-order valence-corrected chi connectivity index (χ0v) is 10.4. The van der Waals surface area contributed by atoms with Crippen LogP contribution >= 0.6 is 0 Å². The van der Waals surface area contributed by atoms with Crippen molar-refractivity contribution in [2.45, 2.75) is 25.9 Å². The normalized spacial score (nSPS) is 13.3. The van der Waals surface area contributed by atoms with Crippen LogP contribution in [0.1, 0.15) is 25.5 Å². The first-order chi connectivity index (χ1) is 8.50. The van der Waals surface area contributed by atoms with Gasteiger partial charge in [0.15, 0.2) is 0 Å². The largest absolute Gasteiger partial charge is 0.333 e. The minimum Gasteiger partial charge on any atom is -0.330 e. The molecule has 5 N–H and O–H groups in total. The lowest BCUT2D eigenvalue weighted by atomic mass is 10.1. The lowest BCUT2D eigenvalue weighted by molar-refractivity contribution is -0.122. The Balaban J connectivity index is 2.39. The first-order valence-electron chi connectivity index (χ1n) is 5.67. The van der Waals surface area contributed by atoms with Gasteiger partial charge in [0.2, 0.25) is 0 Å². The Hall–Kier alpha value is -2.08. The molecule has 18 heavy (non-hydrogen) atoms. The molecule has 2 atom stereocenters. The Morgan fingerprint density at radius 3 is 2.28 bits per heavy atom. The van der Waals surface area contributed by atoms with Crippen LogP contribution in [0.2, 0.25) is 0 Å². The van der Waals surface area contributed by atoms with Crippen LogP contribution in [-0.4, -0.2) is 18.0 Å². The Kier molecular flexibility index (Phi) is 5.13. The van der Waals surface area contributed by atoms with Gasteiger partial charge in [0.05, 0.1) is 12.1 Å². The third-order valence-corrected chi connectivity index (χ3v) is 2.36. The number of rotatable bonds is 3. The number of benzene rings is 1. The molecule has 0 aliphatic heterocycles. The number of carbonyl (C=O) groups is 2. The molecule has 0 aliphatic carbocycles. The molecule has 1 rings (SSSR count). The molecule has 0 saturated carbocycles. The molecule has 6 heteroatoms. The van der Waals surface area contributed by atoms with E-state index >= 15 is 0 Å². The summed E-state index contributed by atoms with van der Waals surface area (Å²) in [5.74, 6) is -0.447. The van der Waals surface area contributed by atoms with E-state index in [1.807, 2.05) is 37.3 Å². The molecule has 3 amide bonds. The smallest absolute Gasteiger partial charge is 0.330 e. The zero-order valence-electron chi connectivity index (χ0n) is 10.4. The molecule has 0 radical (unpaired) electrons. The number of hydrogen-bond donors (Lipinski definition) is 4. The van der Waals surface area contributed by atoms with Gasteiger partial charge in [0.25, 0.3) is 5.91 Å². The molecule has 0 aliphatic rings. The Morgan fingerprint density at radius 1 is 1.11 bits per heavy atom. The van der Waals surface area contributed by atoms with Crippen LogP contribution in [0, 0.1) is 0 Å². The SMILES string of the molecule is CC(N)C(=O)NNC(=O)NC(C)c1ccccc1. The summed E-state index contributed by atoms with van der Waals surface area (Å²) in [7, 11) is 0. The summed E-state index contributed by atoms with van der Waals surface area (Å²) >= 11 is 0. The number of amides is 3. The summed E-state index contributed by atoms with van der Waals surface area (Å²) in [6, 6.07) is 8.19. The van der Waals surface area contributed by atoms with Crippen molar-refractivity contribution >= 4 is 11.9 Å². The van der Waals surface area contributed by atoms with E-state index in [1.54, 1.807) is 0 Å². The summed E-state index contributed by atoms with van der Waals surface area (Å²) in [5, 5.41) is 2.68. The molecule has 2 unspecified atom stereocenters. The number of nitrogens with two attached hydrogens (primary N) is 1.